The summed E-state index contributed by atoms with van der Waals surface area (Å²) >= 11 is 0. The van der Waals surface area contributed by atoms with Gasteiger partial charge in [0.15, 0.2) is 0 Å². The normalized spacial score (nSPS) is 10.1. The maximum absolute atomic E-state index is 11.7. The van der Waals surface area contributed by atoms with Gasteiger partial charge < -0.3 is 11.1 Å². The SMILES string of the molecule is Cc1ccc(CNC(=O)c2cnc(N)cn2)cc1. The maximum atomic E-state index is 11.7. The van der Waals surface area contributed by atoms with E-state index in [0.29, 0.717) is 12.4 Å². The number of nitrogens with zero attached hydrogens (tertiary/aromatic N) is 2. The van der Waals surface area contributed by atoms with Gasteiger partial charge in [-0.2, -0.15) is 0 Å². The summed E-state index contributed by atoms with van der Waals surface area (Å²) in [7, 11) is 0. The van der Waals surface area contributed by atoms with Crippen molar-refractivity contribution in [1.29, 1.82) is 0 Å². The van der Waals surface area contributed by atoms with Gasteiger partial charge in [-0.15, -0.1) is 0 Å². The summed E-state index contributed by atoms with van der Waals surface area (Å²) in [6.45, 7) is 2.48. The molecule has 5 nitrogen and oxygen atoms in total. The second-order valence-corrected chi connectivity index (χ2v) is 3.99. The van der Waals surface area contributed by atoms with Crippen molar-refractivity contribution >= 4 is 11.7 Å². The van der Waals surface area contributed by atoms with Crippen LogP contribution in [0.2, 0.25) is 0 Å². The summed E-state index contributed by atoms with van der Waals surface area (Å²) in [5, 5.41) is 2.77. The number of hydrogen-bond donors (Lipinski definition) is 2. The van der Waals surface area contributed by atoms with Gasteiger partial charge in [0.25, 0.3) is 5.91 Å². The van der Waals surface area contributed by atoms with Crippen LogP contribution in [0.25, 0.3) is 0 Å². The molecule has 5 heteroatoms. The zero-order valence-electron chi connectivity index (χ0n) is 10.1. The van der Waals surface area contributed by atoms with E-state index in [1.54, 1.807) is 0 Å². The highest BCUT2D eigenvalue weighted by Crippen LogP contribution is 2.03. The first-order valence-electron chi connectivity index (χ1n) is 5.56. The van der Waals surface area contributed by atoms with Crippen LogP contribution in [-0.4, -0.2) is 15.9 Å². The van der Waals surface area contributed by atoms with Crippen molar-refractivity contribution in [2.75, 3.05) is 5.73 Å². The second-order valence-electron chi connectivity index (χ2n) is 3.99. The average molecular weight is 242 g/mol. The van der Waals surface area contributed by atoms with Crippen molar-refractivity contribution in [3.63, 3.8) is 0 Å². The monoisotopic (exact) mass is 242 g/mol. The highest BCUT2D eigenvalue weighted by molar-refractivity contribution is 5.91. The van der Waals surface area contributed by atoms with Crippen LogP contribution in [-0.2, 0) is 6.54 Å². The first kappa shape index (κ1) is 12.0. The van der Waals surface area contributed by atoms with E-state index in [4.69, 9.17) is 5.73 Å². The van der Waals surface area contributed by atoms with Gasteiger partial charge in [-0.25, -0.2) is 9.97 Å². The molecule has 0 radical (unpaired) electrons. The van der Waals surface area contributed by atoms with Crippen LogP contribution >= 0.6 is 0 Å². The lowest BCUT2D eigenvalue weighted by Crippen LogP contribution is -2.24. The van der Waals surface area contributed by atoms with Crippen molar-refractivity contribution < 1.29 is 4.79 Å². The number of benzene rings is 1. The fourth-order valence-corrected chi connectivity index (χ4v) is 1.43. The van der Waals surface area contributed by atoms with Gasteiger partial charge in [-0.1, -0.05) is 29.8 Å². The molecule has 0 atom stereocenters. The molecule has 3 N–H and O–H groups in total. The molecule has 0 fully saturated rings. The molecule has 0 spiro atoms. The summed E-state index contributed by atoms with van der Waals surface area (Å²) in [5.74, 6) is 0.0353. The predicted octanol–water partition coefficient (Wildman–Crippen LogP) is 1.30. The Labute approximate surface area is 105 Å². The third kappa shape index (κ3) is 3.04. The molecule has 1 heterocycles. The van der Waals surface area contributed by atoms with Crippen LogP contribution in [0, 0.1) is 6.92 Å². The molecule has 1 amide bonds. The zero-order valence-corrected chi connectivity index (χ0v) is 10.1. The molecule has 0 saturated heterocycles. The van der Waals surface area contributed by atoms with E-state index in [1.165, 1.54) is 18.0 Å². The first-order chi connectivity index (χ1) is 8.65. The number of nitrogens with one attached hydrogen (secondary N) is 1. The van der Waals surface area contributed by atoms with Gasteiger partial charge in [0.2, 0.25) is 0 Å². The van der Waals surface area contributed by atoms with E-state index < -0.39 is 0 Å². The van der Waals surface area contributed by atoms with Gasteiger partial charge in [-0.3, -0.25) is 4.79 Å². The highest BCUT2D eigenvalue weighted by atomic mass is 16.1. The van der Waals surface area contributed by atoms with Crippen molar-refractivity contribution in [3.05, 3.63) is 53.5 Å². The Morgan fingerprint density at radius 2 is 1.94 bits per heavy atom. The Morgan fingerprint density at radius 3 is 2.56 bits per heavy atom. The van der Waals surface area contributed by atoms with E-state index in [9.17, 15) is 4.79 Å². The summed E-state index contributed by atoms with van der Waals surface area (Å²) in [6.07, 6.45) is 2.72. The number of aromatic nitrogens is 2. The topological polar surface area (TPSA) is 80.9 Å². The first-order valence-corrected chi connectivity index (χ1v) is 5.56. The summed E-state index contributed by atoms with van der Waals surface area (Å²) in [4.78, 5) is 19.5. The number of anilines is 1. The Kier molecular flexibility index (Phi) is 3.52. The van der Waals surface area contributed by atoms with Crippen LogP contribution in [0.15, 0.2) is 36.7 Å². The maximum Gasteiger partial charge on any atom is 0.271 e. The predicted molar refractivity (Wildman–Crippen MR) is 68.8 cm³/mol. The van der Waals surface area contributed by atoms with Crippen LogP contribution < -0.4 is 11.1 Å². The number of carbonyl (C=O) groups excluding carboxylic acids is 1. The van der Waals surface area contributed by atoms with Gasteiger partial charge in [0.1, 0.15) is 11.5 Å². The van der Waals surface area contributed by atoms with Crippen LogP contribution in [0.4, 0.5) is 5.82 Å². The number of hydrogen-bond acceptors (Lipinski definition) is 4. The zero-order chi connectivity index (χ0) is 13.0. The molecular weight excluding hydrogens is 228 g/mol. The smallest absolute Gasteiger partial charge is 0.271 e. The lowest BCUT2D eigenvalue weighted by Gasteiger charge is -2.05. The molecule has 1 aromatic carbocycles. The summed E-state index contributed by atoms with van der Waals surface area (Å²) in [6, 6.07) is 7.96. The molecule has 0 aliphatic heterocycles. The van der Waals surface area contributed by atoms with Gasteiger partial charge in [0, 0.05) is 6.54 Å². The number of nitrogens with two attached hydrogens (primary N) is 1. The Morgan fingerprint density at radius 1 is 1.22 bits per heavy atom. The lowest BCUT2D eigenvalue weighted by molar-refractivity contribution is 0.0945. The highest BCUT2D eigenvalue weighted by Gasteiger charge is 2.06. The van der Waals surface area contributed by atoms with Crippen LogP contribution in [0.1, 0.15) is 21.6 Å². The molecule has 92 valence electrons. The van der Waals surface area contributed by atoms with E-state index in [-0.39, 0.29) is 11.6 Å². The Bertz CT molecular complexity index is 534. The molecule has 0 unspecified atom stereocenters. The Balaban J connectivity index is 1.96. The molecule has 1 aromatic heterocycles. The van der Waals surface area contributed by atoms with Gasteiger partial charge in [0.05, 0.1) is 12.4 Å². The third-order valence-electron chi connectivity index (χ3n) is 2.48. The van der Waals surface area contributed by atoms with E-state index >= 15 is 0 Å². The van der Waals surface area contributed by atoms with Gasteiger partial charge >= 0.3 is 0 Å². The molecule has 2 aromatic rings. The van der Waals surface area contributed by atoms with Crippen LogP contribution in [0.5, 0.6) is 0 Å². The summed E-state index contributed by atoms with van der Waals surface area (Å²) in [5.41, 5.74) is 7.89. The van der Waals surface area contributed by atoms with E-state index in [2.05, 4.69) is 15.3 Å². The Hall–Kier alpha value is -2.43. The molecule has 18 heavy (non-hydrogen) atoms. The summed E-state index contributed by atoms with van der Waals surface area (Å²) < 4.78 is 0. The van der Waals surface area contributed by atoms with E-state index in [0.717, 1.165) is 5.56 Å². The standard InChI is InChI=1S/C13H14N4O/c1-9-2-4-10(5-3-9)6-17-13(18)11-7-16-12(14)8-15-11/h2-5,7-8H,6H2,1H3,(H2,14,16)(H,17,18). The van der Waals surface area contributed by atoms with Crippen molar-refractivity contribution in [2.45, 2.75) is 13.5 Å². The number of amides is 1. The number of nitrogen functional groups attached to an aromatic ring is 1. The number of carbonyl (C=O) groups is 1. The largest absolute Gasteiger partial charge is 0.382 e. The third-order valence-corrected chi connectivity index (χ3v) is 2.48. The molecule has 0 saturated carbocycles. The number of aryl methyl sites for hydroxylation is 1. The average Bonchev–Trinajstić information content (AvgIpc) is 2.38. The van der Waals surface area contributed by atoms with Crippen molar-refractivity contribution in [1.82, 2.24) is 15.3 Å². The quantitative estimate of drug-likeness (QED) is 0.850. The minimum atomic E-state index is -0.261. The fourth-order valence-electron chi connectivity index (χ4n) is 1.43. The lowest BCUT2D eigenvalue weighted by atomic mass is 10.1. The van der Waals surface area contributed by atoms with Crippen molar-refractivity contribution in [3.8, 4) is 0 Å². The number of rotatable bonds is 3. The minimum absolute atomic E-state index is 0.260. The molecule has 0 aliphatic rings. The molecule has 2 rings (SSSR count). The van der Waals surface area contributed by atoms with Crippen LogP contribution in [0.3, 0.4) is 0 Å². The molecular formula is C13H14N4O. The fraction of sp³-hybridized carbons (Fsp3) is 0.154. The second kappa shape index (κ2) is 5.27. The van der Waals surface area contributed by atoms with Crippen molar-refractivity contribution in [2.24, 2.45) is 0 Å². The molecule has 0 aliphatic carbocycles. The van der Waals surface area contributed by atoms with E-state index in [1.807, 2.05) is 31.2 Å². The molecule has 0 bridgehead atoms. The minimum Gasteiger partial charge on any atom is -0.382 e. The van der Waals surface area contributed by atoms with Gasteiger partial charge in [-0.05, 0) is 12.5 Å².